The van der Waals surface area contributed by atoms with Gasteiger partial charge in [-0.2, -0.15) is 0 Å². The normalized spacial score (nSPS) is 12.6. The van der Waals surface area contributed by atoms with Gasteiger partial charge >= 0.3 is 7.60 Å². The fourth-order valence-electron chi connectivity index (χ4n) is 0.528. The Morgan fingerprint density at radius 3 is 1.41 bits per heavy atom. The maximum absolute atomic E-state index is 11.5. The minimum atomic E-state index is -3.74. The smallest absolute Gasteiger partial charge is 0.381 e. The molecular formula is C7H17O9P. The van der Waals surface area contributed by atoms with E-state index in [0.29, 0.717) is 0 Å². The van der Waals surface area contributed by atoms with E-state index in [0.717, 1.165) is 6.66 Å². The van der Waals surface area contributed by atoms with Crippen LogP contribution in [0, 0.1) is 0 Å². The highest BCUT2D eigenvalue weighted by molar-refractivity contribution is 7.52. The second kappa shape index (κ2) is 8.92. The highest BCUT2D eigenvalue weighted by Crippen LogP contribution is 2.44. The Kier molecular flexibility index (Phi) is 8.88. The van der Waals surface area contributed by atoms with E-state index in [4.69, 9.17) is 20.4 Å². The first-order valence-electron chi connectivity index (χ1n) is 4.70. The van der Waals surface area contributed by atoms with Crippen LogP contribution in [0.5, 0.6) is 0 Å². The predicted octanol–water partition coefficient (Wildman–Crippen LogP) is -1.59. The van der Waals surface area contributed by atoms with Crippen molar-refractivity contribution in [3.8, 4) is 0 Å². The summed E-state index contributed by atoms with van der Waals surface area (Å²) in [5.74, 6) is 0. The van der Waals surface area contributed by atoms with Crippen molar-refractivity contribution in [3.63, 3.8) is 0 Å². The van der Waals surface area contributed by atoms with Crippen LogP contribution in [0.2, 0.25) is 0 Å². The average molecular weight is 276 g/mol. The molecule has 0 unspecified atom stereocenters. The van der Waals surface area contributed by atoms with Crippen LogP contribution in [0.4, 0.5) is 0 Å². The highest BCUT2D eigenvalue weighted by atomic mass is 31.2. The van der Waals surface area contributed by atoms with Crippen molar-refractivity contribution < 1.29 is 44.1 Å². The van der Waals surface area contributed by atoms with Crippen LogP contribution in [0.3, 0.4) is 0 Å². The van der Waals surface area contributed by atoms with E-state index >= 15 is 0 Å². The summed E-state index contributed by atoms with van der Waals surface area (Å²) in [6.07, 6.45) is -2.11. The van der Waals surface area contributed by atoms with Crippen molar-refractivity contribution in [1.82, 2.24) is 0 Å². The molecule has 0 aromatic heterocycles. The molecule has 0 radical (unpaired) electrons. The SMILES string of the molecule is CP(=O)(OOC(CO)CO)OOC(CO)CO. The Morgan fingerprint density at radius 1 is 0.882 bits per heavy atom. The third-order valence-electron chi connectivity index (χ3n) is 1.44. The van der Waals surface area contributed by atoms with E-state index in [1.165, 1.54) is 0 Å². The summed E-state index contributed by atoms with van der Waals surface area (Å²) in [6, 6.07) is 0. The molecule has 0 aromatic rings. The molecule has 0 aliphatic heterocycles. The molecule has 0 aliphatic carbocycles. The summed E-state index contributed by atoms with van der Waals surface area (Å²) in [6.45, 7) is -1.13. The molecule has 4 N–H and O–H groups in total. The largest absolute Gasteiger partial charge is 0.393 e. The van der Waals surface area contributed by atoms with E-state index < -0.39 is 46.2 Å². The van der Waals surface area contributed by atoms with Crippen LogP contribution in [-0.2, 0) is 23.7 Å². The molecule has 9 nitrogen and oxygen atoms in total. The van der Waals surface area contributed by atoms with E-state index in [9.17, 15) is 4.57 Å². The molecule has 0 spiro atoms. The fraction of sp³-hybridized carbons (Fsp3) is 1.00. The van der Waals surface area contributed by atoms with Crippen molar-refractivity contribution in [2.75, 3.05) is 33.1 Å². The fourth-order valence-corrected chi connectivity index (χ4v) is 1.11. The van der Waals surface area contributed by atoms with E-state index in [2.05, 4.69) is 19.1 Å². The van der Waals surface area contributed by atoms with Gasteiger partial charge in [-0.25, -0.2) is 9.78 Å². The molecule has 0 bridgehead atoms. The molecule has 104 valence electrons. The molecule has 17 heavy (non-hydrogen) atoms. The zero-order valence-corrected chi connectivity index (χ0v) is 10.2. The zero-order chi connectivity index (χ0) is 13.3. The van der Waals surface area contributed by atoms with Gasteiger partial charge in [0, 0.05) is 6.66 Å². The second-order valence-electron chi connectivity index (χ2n) is 3.09. The Balaban J connectivity index is 3.98. The van der Waals surface area contributed by atoms with Gasteiger partial charge in [0.05, 0.1) is 26.4 Å². The zero-order valence-electron chi connectivity index (χ0n) is 9.26. The predicted molar refractivity (Wildman–Crippen MR) is 53.8 cm³/mol. The van der Waals surface area contributed by atoms with Gasteiger partial charge in [-0.05, 0) is 0 Å². The third kappa shape index (κ3) is 7.77. The van der Waals surface area contributed by atoms with E-state index in [1.807, 2.05) is 0 Å². The number of aliphatic hydroxyl groups excluding tert-OH is 4. The first-order valence-corrected chi connectivity index (χ1v) is 6.69. The number of hydrogen-bond acceptors (Lipinski definition) is 9. The minimum absolute atomic E-state index is 0.534. The first kappa shape index (κ1) is 16.9. The van der Waals surface area contributed by atoms with Gasteiger partial charge in [-0.1, -0.05) is 0 Å². The van der Waals surface area contributed by atoms with Gasteiger partial charge in [0.2, 0.25) is 0 Å². The topological polar surface area (TPSA) is 135 Å². The Morgan fingerprint density at radius 2 is 1.18 bits per heavy atom. The van der Waals surface area contributed by atoms with E-state index in [-0.39, 0.29) is 0 Å². The summed E-state index contributed by atoms with van der Waals surface area (Å²) in [4.78, 5) is 8.82. The van der Waals surface area contributed by atoms with Crippen molar-refractivity contribution in [2.45, 2.75) is 12.2 Å². The monoisotopic (exact) mass is 276 g/mol. The van der Waals surface area contributed by atoms with Gasteiger partial charge in [-0.3, -0.25) is 4.57 Å². The molecule has 0 fully saturated rings. The molecule has 10 heteroatoms. The van der Waals surface area contributed by atoms with Crippen LogP contribution in [0.25, 0.3) is 0 Å². The van der Waals surface area contributed by atoms with Gasteiger partial charge in [0.15, 0.2) is 0 Å². The van der Waals surface area contributed by atoms with Gasteiger partial charge in [0.25, 0.3) is 0 Å². The van der Waals surface area contributed by atoms with Crippen molar-refractivity contribution in [3.05, 3.63) is 0 Å². The Labute approximate surface area is 97.9 Å². The maximum Gasteiger partial charge on any atom is 0.381 e. The molecule has 0 aromatic carbocycles. The number of aliphatic hydroxyl groups is 4. The molecule has 0 heterocycles. The second-order valence-corrected chi connectivity index (χ2v) is 4.93. The molecule has 0 atom stereocenters. The molecule has 0 rings (SSSR count). The van der Waals surface area contributed by atoms with Crippen LogP contribution in [-0.4, -0.2) is 65.7 Å². The summed E-state index contributed by atoms with van der Waals surface area (Å²) >= 11 is 0. The number of hydrogen-bond donors (Lipinski definition) is 4. The van der Waals surface area contributed by atoms with Crippen LogP contribution in [0.1, 0.15) is 0 Å². The van der Waals surface area contributed by atoms with Gasteiger partial charge < -0.3 is 20.4 Å². The van der Waals surface area contributed by atoms with Crippen LogP contribution < -0.4 is 0 Å². The van der Waals surface area contributed by atoms with Crippen molar-refractivity contribution >= 4 is 7.60 Å². The minimum Gasteiger partial charge on any atom is -0.393 e. The molecule has 0 saturated heterocycles. The van der Waals surface area contributed by atoms with Crippen LogP contribution >= 0.6 is 7.60 Å². The highest BCUT2D eigenvalue weighted by Gasteiger charge is 2.24. The third-order valence-corrected chi connectivity index (χ3v) is 2.16. The number of rotatable bonds is 10. The first-order chi connectivity index (χ1) is 7.99. The maximum atomic E-state index is 11.5. The Hall–Kier alpha value is -0.0900. The van der Waals surface area contributed by atoms with E-state index in [1.54, 1.807) is 0 Å². The summed E-state index contributed by atoms with van der Waals surface area (Å²) in [5, 5.41) is 34.5. The lowest BCUT2D eigenvalue weighted by molar-refractivity contribution is -0.309. The van der Waals surface area contributed by atoms with Crippen molar-refractivity contribution in [1.29, 1.82) is 0 Å². The molecule has 0 saturated carbocycles. The summed E-state index contributed by atoms with van der Waals surface area (Å²) in [5.41, 5.74) is 0. The lowest BCUT2D eigenvalue weighted by atomic mass is 10.4. The summed E-state index contributed by atoms with van der Waals surface area (Å²) in [7, 11) is -3.74. The van der Waals surface area contributed by atoms with Crippen LogP contribution in [0.15, 0.2) is 0 Å². The quantitative estimate of drug-likeness (QED) is 0.211. The molecule has 0 amide bonds. The lowest BCUT2D eigenvalue weighted by Gasteiger charge is -2.17. The van der Waals surface area contributed by atoms with Gasteiger partial charge in [0.1, 0.15) is 12.2 Å². The average Bonchev–Trinajstić information content (AvgIpc) is 2.31. The van der Waals surface area contributed by atoms with Crippen molar-refractivity contribution in [2.24, 2.45) is 0 Å². The summed E-state index contributed by atoms with van der Waals surface area (Å²) < 4.78 is 20.1. The Bertz CT molecular complexity index is 207. The lowest BCUT2D eigenvalue weighted by Crippen LogP contribution is -2.23. The standard InChI is InChI=1S/C7H17O9P/c1-17(12,15-13-6(2-8)3-9)16-14-7(4-10)5-11/h6-11H,2-5H2,1H3. The van der Waals surface area contributed by atoms with Gasteiger partial charge in [-0.15, -0.1) is 9.35 Å². The molecule has 0 aliphatic rings. The molecular weight excluding hydrogens is 259 g/mol.